The van der Waals surface area contributed by atoms with Crippen molar-refractivity contribution in [3.05, 3.63) is 45.6 Å². The molecule has 1 aromatic carbocycles. The van der Waals surface area contributed by atoms with Gasteiger partial charge in [0.2, 0.25) is 0 Å². The van der Waals surface area contributed by atoms with Gasteiger partial charge in [0.25, 0.3) is 11.6 Å². The number of benzene rings is 1. The van der Waals surface area contributed by atoms with E-state index in [2.05, 4.69) is 15.5 Å². The third-order valence-corrected chi connectivity index (χ3v) is 2.89. The molecule has 0 aliphatic carbocycles. The maximum absolute atomic E-state index is 12.2. The molecular formula is C13H14N4O4. The summed E-state index contributed by atoms with van der Waals surface area (Å²) < 4.78 is 5.03. The number of carbonyl (C=O) groups excluding carboxylic acids is 1. The molecule has 2 aromatic rings. The number of nitrogens with zero attached hydrogens (tertiary/aromatic N) is 2. The van der Waals surface area contributed by atoms with Crippen molar-refractivity contribution in [3.8, 4) is 5.75 Å². The van der Waals surface area contributed by atoms with E-state index in [1.165, 1.54) is 25.3 Å². The molecule has 0 atom stereocenters. The second kappa shape index (κ2) is 6.04. The van der Waals surface area contributed by atoms with Crippen LogP contribution in [0.5, 0.6) is 5.75 Å². The molecule has 8 heteroatoms. The number of methoxy groups -OCH3 is 1. The molecule has 0 aliphatic heterocycles. The molecule has 110 valence electrons. The van der Waals surface area contributed by atoms with Crippen LogP contribution < -0.4 is 10.1 Å². The van der Waals surface area contributed by atoms with E-state index in [-0.39, 0.29) is 17.0 Å². The summed E-state index contributed by atoms with van der Waals surface area (Å²) in [5.41, 5.74) is 0.946. The van der Waals surface area contributed by atoms with Gasteiger partial charge in [-0.1, -0.05) is 6.92 Å². The Balaban J connectivity index is 2.24. The number of aromatic amines is 1. The lowest BCUT2D eigenvalue weighted by atomic mass is 10.1. The van der Waals surface area contributed by atoms with Gasteiger partial charge in [-0.15, -0.1) is 0 Å². The van der Waals surface area contributed by atoms with Gasteiger partial charge in [0, 0.05) is 17.8 Å². The number of H-pyrrole nitrogens is 1. The number of rotatable bonds is 5. The van der Waals surface area contributed by atoms with Gasteiger partial charge < -0.3 is 10.1 Å². The highest BCUT2D eigenvalue weighted by Crippen LogP contribution is 2.25. The molecule has 21 heavy (non-hydrogen) atoms. The van der Waals surface area contributed by atoms with Crippen LogP contribution in [0.4, 0.5) is 11.5 Å². The summed E-state index contributed by atoms with van der Waals surface area (Å²) in [5, 5.41) is 20.0. The third-order valence-electron chi connectivity index (χ3n) is 2.89. The monoisotopic (exact) mass is 290 g/mol. The fourth-order valence-electron chi connectivity index (χ4n) is 1.77. The van der Waals surface area contributed by atoms with Crippen molar-refractivity contribution >= 4 is 17.4 Å². The van der Waals surface area contributed by atoms with E-state index < -0.39 is 10.8 Å². The second-order valence-electron chi connectivity index (χ2n) is 4.23. The molecule has 2 N–H and O–H groups in total. The topological polar surface area (TPSA) is 110 Å². The summed E-state index contributed by atoms with van der Waals surface area (Å²) in [6.07, 6.45) is 0.768. The van der Waals surface area contributed by atoms with Crippen molar-refractivity contribution in [2.45, 2.75) is 13.3 Å². The highest BCUT2D eigenvalue weighted by molar-refractivity contribution is 6.06. The molecule has 0 fully saturated rings. The van der Waals surface area contributed by atoms with E-state index in [4.69, 9.17) is 4.74 Å². The maximum Gasteiger partial charge on any atom is 0.273 e. The van der Waals surface area contributed by atoms with E-state index in [1.807, 2.05) is 6.92 Å². The van der Waals surface area contributed by atoms with Gasteiger partial charge in [-0.25, -0.2) is 0 Å². The van der Waals surface area contributed by atoms with Crippen molar-refractivity contribution in [2.24, 2.45) is 0 Å². The zero-order valence-corrected chi connectivity index (χ0v) is 11.5. The Hall–Kier alpha value is -2.90. The molecule has 0 saturated heterocycles. The van der Waals surface area contributed by atoms with E-state index in [0.29, 0.717) is 5.82 Å². The van der Waals surface area contributed by atoms with Crippen molar-refractivity contribution in [1.29, 1.82) is 0 Å². The normalized spacial score (nSPS) is 10.2. The number of aromatic nitrogens is 2. The van der Waals surface area contributed by atoms with Crippen LogP contribution in [0.2, 0.25) is 0 Å². The fourth-order valence-corrected chi connectivity index (χ4v) is 1.77. The Morgan fingerprint density at radius 3 is 2.81 bits per heavy atom. The molecule has 1 aromatic heterocycles. The number of ether oxygens (including phenoxy) is 1. The van der Waals surface area contributed by atoms with Crippen LogP contribution in [-0.4, -0.2) is 28.1 Å². The van der Waals surface area contributed by atoms with Gasteiger partial charge >= 0.3 is 0 Å². The minimum atomic E-state index is -0.550. The van der Waals surface area contributed by atoms with E-state index >= 15 is 0 Å². The second-order valence-corrected chi connectivity index (χ2v) is 4.23. The summed E-state index contributed by atoms with van der Waals surface area (Å²) >= 11 is 0. The molecule has 1 heterocycles. The Bertz CT molecular complexity index is 681. The molecule has 8 nitrogen and oxygen atoms in total. The average molecular weight is 290 g/mol. The molecule has 0 aliphatic rings. The number of carbonyl (C=O) groups is 1. The quantitative estimate of drug-likeness (QED) is 0.647. The number of hydrogen-bond donors (Lipinski definition) is 2. The van der Waals surface area contributed by atoms with Crippen LogP contribution in [0, 0.1) is 10.1 Å². The van der Waals surface area contributed by atoms with Crippen molar-refractivity contribution in [1.82, 2.24) is 10.2 Å². The zero-order valence-electron chi connectivity index (χ0n) is 11.5. The Labute approximate surface area is 120 Å². The number of nitro benzene ring substituents is 1. The van der Waals surface area contributed by atoms with E-state index in [9.17, 15) is 14.9 Å². The standard InChI is InChI=1S/C13H14N4O4/c1-3-8-6-12(16-15-8)14-13(18)10-5-4-9(17(19)20)7-11(10)21-2/h4-7H,3H2,1-2H3,(H2,14,15,16,18). The average Bonchev–Trinajstić information content (AvgIpc) is 2.93. The van der Waals surface area contributed by atoms with Crippen molar-refractivity contribution in [3.63, 3.8) is 0 Å². The number of non-ortho nitro benzene ring substituents is 1. The summed E-state index contributed by atoms with van der Waals surface area (Å²) in [6, 6.07) is 5.52. The predicted molar refractivity (Wildman–Crippen MR) is 75.6 cm³/mol. The third kappa shape index (κ3) is 3.16. The van der Waals surface area contributed by atoms with Crippen LogP contribution in [0.15, 0.2) is 24.3 Å². The molecule has 0 radical (unpaired) electrons. The summed E-state index contributed by atoms with van der Waals surface area (Å²) in [6.45, 7) is 1.96. The first kappa shape index (κ1) is 14.5. The van der Waals surface area contributed by atoms with Crippen molar-refractivity contribution in [2.75, 3.05) is 12.4 Å². The molecule has 0 unspecified atom stereocenters. The largest absolute Gasteiger partial charge is 0.496 e. The number of hydrogen-bond acceptors (Lipinski definition) is 5. The summed E-state index contributed by atoms with van der Waals surface area (Å²) in [7, 11) is 1.35. The first-order valence-electron chi connectivity index (χ1n) is 6.23. The number of anilines is 1. The minimum Gasteiger partial charge on any atom is -0.496 e. The zero-order chi connectivity index (χ0) is 15.4. The van der Waals surface area contributed by atoms with E-state index in [0.717, 1.165) is 12.1 Å². The van der Waals surface area contributed by atoms with E-state index in [1.54, 1.807) is 6.07 Å². The summed E-state index contributed by atoms with van der Waals surface area (Å²) in [5.74, 6) is 0.0705. The smallest absolute Gasteiger partial charge is 0.273 e. The number of nitrogens with one attached hydrogen (secondary N) is 2. The molecule has 1 amide bonds. The first-order chi connectivity index (χ1) is 10.0. The fraction of sp³-hybridized carbons (Fsp3) is 0.231. The number of nitro groups is 1. The van der Waals surface area contributed by atoms with Gasteiger partial charge in [0.15, 0.2) is 5.82 Å². The maximum atomic E-state index is 12.2. The number of aryl methyl sites for hydroxylation is 1. The van der Waals surface area contributed by atoms with Gasteiger partial charge in [0.1, 0.15) is 5.75 Å². The Morgan fingerprint density at radius 2 is 2.24 bits per heavy atom. The molecule has 0 spiro atoms. The van der Waals surface area contributed by atoms with Gasteiger partial charge in [-0.3, -0.25) is 20.0 Å². The highest BCUT2D eigenvalue weighted by atomic mass is 16.6. The molecule has 2 rings (SSSR count). The lowest BCUT2D eigenvalue weighted by Crippen LogP contribution is -2.13. The SMILES string of the molecule is CCc1cc(NC(=O)c2ccc([N+](=O)[O-])cc2OC)n[nH]1. The van der Waals surface area contributed by atoms with Crippen LogP contribution >= 0.6 is 0 Å². The van der Waals surface area contributed by atoms with Crippen LogP contribution in [0.1, 0.15) is 23.0 Å². The number of amides is 1. The van der Waals surface area contributed by atoms with Crippen LogP contribution in [-0.2, 0) is 6.42 Å². The minimum absolute atomic E-state index is 0.132. The van der Waals surface area contributed by atoms with Gasteiger partial charge in [-0.05, 0) is 12.5 Å². The van der Waals surface area contributed by atoms with Gasteiger partial charge in [-0.2, -0.15) is 5.10 Å². The van der Waals surface area contributed by atoms with Crippen molar-refractivity contribution < 1.29 is 14.5 Å². The molecular weight excluding hydrogens is 276 g/mol. The lowest BCUT2D eigenvalue weighted by Gasteiger charge is -2.07. The predicted octanol–water partition coefficient (Wildman–Crippen LogP) is 2.14. The first-order valence-corrected chi connectivity index (χ1v) is 6.23. The Morgan fingerprint density at radius 1 is 1.48 bits per heavy atom. The lowest BCUT2D eigenvalue weighted by molar-refractivity contribution is -0.384. The molecule has 0 bridgehead atoms. The Kier molecular flexibility index (Phi) is 4.17. The summed E-state index contributed by atoms with van der Waals surface area (Å²) in [4.78, 5) is 22.3. The van der Waals surface area contributed by atoms with Gasteiger partial charge in [0.05, 0.1) is 23.7 Å². The van der Waals surface area contributed by atoms with Crippen LogP contribution in [0.25, 0.3) is 0 Å². The van der Waals surface area contributed by atoms with Crippen LogP contribution in [0.3, 0.4) is 0 Å². The molecule has 0 saturated carbocycles. The highest BCUT2D eigenvalue weighted by Gasteiger charge is 2.17.